The molecule has 15 heavy (non-hydrogen) atoms. The van der Waals surface area contributed by atoms with E-state index >= 15 is 0 Å². The second-order valence-corrected chi connectivity index (χ2v) is 3.24. The van der Waals surface area contributed by atoms with E-state index in [0.717, 1.165) is 16.6 Å². The van der Waals surface area contributed by atoms with Crippen LogP contribution in [0.4, 0.5) is 5.82 Å². The van der Waals surface area contributed by atoms with Crippen LogP contribution in [0.25, 0.3) is 16.6 Å². The molecule has 3 heterocycles. The van der Waals surface area contributed by atoms with Crippen molar-refractivity contribution in [3.05, 3.63) is 36.9 Å². The third kappa shape index (κ3) is 1.10. The number of nitrogens with zero attached hydrogens (tertiary/aromatic N) is 3. The standard InChI is InChI=1S/C10H9N5/c11-10-9-7(2-4-12-10)13-6-8(9)15-5-1-3-14-15/h1-6,13H,(H2,11,12). The number of fused-ring (bicyclic) bond motifs is 1. The van der Waals surface area contributed by atoms with Crippen LogP contribution in [0.5, 0.6) is 0 Å². The zero-order valence-corrected chi connectivity index (χ0v) is 7.88. The highest BCUT2D eigenvalue weighted by molar-refractivity contribution is 5.95. The maximum atomic E-state index is 5.84. The van der Waals surface area contributed by atoms with E-state index in [1.807, 2.05) is 24.5 Å². The number of nitrogen functional groups attached to an aromatic ring is 1. The average molecular weight is 199 g/mol. The lowest BCUT2D eigenvalue weighted by Crippen LogP contribution is -1.96. The predicted octanol–water partition coefficient (Wildman–Crippen LogP) is 1.33. The largest absolute Gasteiger partial charge is 0.383 e. The third-order valence-corrected chi connectivity index (χ3v) is 2.35. The number of pyridine rings is 1. The minimum atomic E-state index is 0.513. The smallest absolute Gasteiger partial charge is 0.134 e. The summed E-state index contributed by atoms with van der Waals surface area (Å²) in [5.41, 5.74) is 7.72. The highest BCUT2D eigenvalue weighted by Gasteiger charge is 2.08. The Hall–Kier alpha value is -2.30. The van der Waals surface area contributed by atoms with E-state index < -0.39 is 0 Å². The molecular formula is C10H9N5. The van der Waals surface area contributed by atoms with Gasteiger partial charge in [-0.05, 0) is 12.1 Å². The van der Waals surface area contributed by atoms with Crippen molar-refractivity contribution in [2.45, 2.75) is 0 Å². The number of anilines is 1. The fraction of sp³-hybridized carbons (Fsp3) is 0. The van der Waals surface area contributed by atoms with E-state index in [1.54, 1.807) is 17.1 Å². The van der Waals surface area contributed by atoms with Crippen LogP contribution in [0.15, 0.2) is 36.9 Å². The van der Waals surface area contributed by atoms with Crippen molar-refractivity contribution in [2.24, 2.45) is 0 Å². The molecule has 74 valence electrons. The van der Waals surface area contributed by atoms with Crippen LogP contribution in [0.1, 0.15) is 0 Å². The number of nitrogens with one attached hydrogen (secondary N) is 1. The topological polar surface area (TPSA) is 72.5 Å². The van der Waals surface area contributed by atoms with Crippen LogP contribution in [0.2, 0.25) is 0 Å². The van der Waals surface area contributed by atoms with E-state index in [2.05, 4.69) is 15.1 Å². The first-order chi connectivity index (χ1) is 7.36. The van der Waals surface area contributed by atoms with Gasteiger partial charge in [0.15, 0.2) is 0 Å². The van der Waals surface area contributed by atoms with Crippen LogP contribution in [-0.4, -0.2) is 19.7 Å². The van der Waals surface area contributed by atoms with Gasteiger partial charge in [0, 0.05) is 24.8 Å². The lowest BCUT2D eigenvalue weighted by molar-refractivity contribution is 0.887. The lowest BCUT2D eigenvalue weighted by atomic mass is 10.3. The summed E-state index contributed by atoms with van der Waals surface area (Å²) in [5, 5.41) is 5.07. The number of nitrogens with two attached hydrogens (primary N) is 1. The Bertz CT molecular complexity index is 593. The molecule has 0 fully saturated rings. The van der Waals surface area contributed by atoms with Gasteiger partial charge in [-0.2, -0.15) is 5.10 Å². The predicted molar refractivity (Wildman–Crippen MR) is 57.6 cm³/mol. The first-order valence-electron chi connectivity index (χ1n) is 4.58. The molecular weight excluding hydrogens is 190 g/mol. The summed E-state index contributed by atoms with van der Waals surface area (Å²) in [5.74, 6) is 0.513. The fourth-order valence-electron chi connectivity index (χ4n) is 1.68. The number of H-pyrrole nitrogens is 1. The molecule has 0 atom stereocenters. The molecule has 0 aromatic carbocycles. The van der Waals surface area contributed by atoms with E-state index in [1.165, 1.54) is 0 Å². The monoisotopic (exact) mass is 199 g/mol. The lowest BCUT2D eigenvalue weighted by Gasteiger charge is -2.00. The molecule has 0 bridgehead atoms. The molecule has 5 nitrogen and oxygen atoms in total. The molecule has 0 aliphatic heterocycles. The van der Waals surface area contributed by atoms with Crippen molar-refractivity contribution in [1.82, 2.24) is 19.7 Å². The van der Waals surface area contributed by atoms with Gasteiger partial charge in [-0.25, -0.2) is 9.67 Å². The molecule has 5 heteroatoms. The Morgan fingerprint density at radius 1 is 1.33 bits per heavy atom. The summed E-state index contributed by atoms with van der Waals surface area (Å²) in [6.45, 7) is 0. The highest BCUT2D eigenvalue weighted by Crippen LogP contribution is 2.24. The van der Waals surface area contributed by atoms with Crippen LogP contribution < -0.4 is 5.73 Å². The molecule has 3 aromatic heterocycles. The highest BCUT2D eigenvalue weighted by atomic mass is 15.3. The number of aromatic amines is 1. The normalized spacial score (nSPS) is 10.9. The molecule has 0 unspecified atom stereocenters. The molecule has 0 aliphatic carbocycles. The summed E-state index contributed by atoms with van der Waals surface area (Å²) in [6.07, 6.45) is 7.15. The zero-order valence-electron chi connectivity index (χ0n) is 7.88. The Morgan fingerprint density at radius 2 is 2.27 bits per heavy atom. The summed E-state index contributed by atoms with van der Waals surface area (Å²) in [6, 6.07) is 3.75. The van der Waals surface area contributed by atoms with Gasteiger partial charge >= 0.3 is 0 Å². The van der Waals surface area contributed by atoms with Crippen LogP contribution in [0.3, 0.4) is 0 Å². The SMILES string of the molecule is Nc1nccc2[nH]cc(-n3cccn3)c12. The molecule has 3 rings (SSSR count). The van der Waals surface area contributed by atoms with Gasteiger partial charge < -0.3 is 10.7 Å². The number of hydrogen-bond acceptors (Lipinski definition) is 3. The van der Waals surface area contributed by atoms with Crippen LogP contribution in [0, 0.1) is 0 Å². The molecule has 3 N–H and O–H groups in total. The number of rotatable bonds is 1. The van der Waals surface area contributed by atoms with Crippen molar-refractivity contribution in [1.29, 1.82) is 0 Å². The Labute approximate surface area is 85.5 Å². The van der Waals surface area contributed by atoms with Gasteiger partial charge in [-0.3, -0.25) is 0 Å². The quantitative estimate of drug-likeness (QED) is 0.621. The Balaban J connectivity index is 2.37. The number of aromatic nitrogens is 4. The fourth-order valence-corrected chi connectivity index (χ4v) is 1.68. The van der Waals surface area contributed by atoms with E-state index in [-0.39, 0.29) is 0 Å². The summed E-state index contributed by atoms with van der Waals surface area (Å²) in [7, 11) is 0. The van der Waals surface area contributed by atoms with Crippen LogP contribution in [-0.2, 0) is 0 Å². The molecule has 0 radical (unpaired) electrons. The molecule has 0 aliphatic rings. The maximum absolute atomic E-state index is 5.84. The Kier molecular flexibility index (Phi) is 1.53. The average Bonchev–Trinajstić information content (AvgIpc) is 2.85. The molecule has 0 amide bonds. The van der Waals surface area contributed by atoms with Crippen LogP contribution >= 0.6 is 0 Å². The van der Waals surface area contributed by atoms with E-state index in [0.29, 0.717) is 5.82 Å². The maximum Gasteiger partial charge on any atom is 0.134 e. The van der Waals surface area contributed by atoms with Gasteiger partial charge in [0.2, 0.25) is 0 Å². The van der Waals surface area contributed by atoms with E-state index in [9.17, 15) is 0 Å². The number of hydrogen-bond donors (Lipinski definition) is 2. The van der Waals surface area contributed by atoms with Gasteiger partial charge in [-0.15, -0.1) is 0 Å². The molecule has 3 aromatic rings. The van der Waals surface area contributed by atoms with Crippen molar-refractivity contribution < 1.29 is 0 Å². The molecule has 0 saturated heterocycles. The minimum Gasteiger partial charge on any atom is -0.383 e. The zero-order chi connectivity index (χ0) is 10.3. The summed E-state index contributed by atoms with van der Waals surface area (Å²) >= 11 is 0. The Morgan fingerprint density at radius 3 is 3.07 bits per heavy atom. The second-order valence-electron chi connectivity index (χ2n) is 3.24. The third-order valence-electron chi connectivity index (χ3n) is 2.35. The van der Waals surface area contributed by atoms with Gasteiger partial charge in [-0.1, -0.05) is 0 Å². The van der Waals surface area contributed by atoms with Gasteiger partial charge in [0.1, 0.15) is 5.82 Å². The summed E-state index contributed by atoms with van der Waals surface area (Å²) < 4.78 is 1.76. The summed E-state index contributed by atoms with van der Waals surface area (Å²) in [4.78, 5) is 7.20. The van der Waals surface area contributed by atoms with Crippen molar-refractivity contribution in [3.8, 4) is 5.69 Å². The molecule has 0 saturated carbocycles. The molecule has 0 spiro atoms. The minimum absolute atomic E-state index is 0.513. The van der Waals surface area contributed by atoms with Crippen molar-refractivity contribution >= 4 is 16.7 Å². The first kappa shape index (κ1) is 8.05. The van der Waals surface area contributed by atoms with Crippen molar-refractivity contribution in [3.63, 3.8) is 0 Å². The van der Waals surface area contributed by atoms with Gasteiger partial charge in [0.25, 0.3) is 0 Å². The second kappa shape index (κ2) is 2.84. The first-order valence-corrected chi connectivity index (χ1v) is 4.58. The van der Waals surface area contributed by atoms with E-state index in [4.69, 9.17) is 5.73 Å². The van der Waals surface area contributed by atoms with Crippen molar-refractivity contribution in [2.75, 3.05) is 5.73 Å². The van der Waals surface area contributed by atoms with Gasteiger partial charge in [0.05, 0.1) is 16.6 Å².